The minimum atomic E-state index is -0.137. The topological polar surface area (TPSA) is 51.9 Å². The molecule has 5 heteroatoms. The molecule has 0 saturated carbocycles. The number of hydrogen-bond acceptors (Lipinski definition) is 2. The first-order valence-electron chi connectivity index (χ1n) is 7.93. The van der Waals surface area contributed by atoms with Gasteiger partial charge in [0, 0.05) is 47.4 Å². The standard InChI is InChI=1S/C20H16N4O/c25-20(16-6-8-18(9-7-16)23-11-1-2-12-23)22-17-4-3-5-19(14-17)24-13-10-21-15-24/h1-15H,(H,22,25). The quantitative estimate of drug-likeness (QED) is 0.617. The van der Waals surface area contributed by atoms with Crippen LogP contribution < -0.4 is 5.32 Å². The Kier molecular flexibility index (Phi) is 3.88. The maximum atomic E-state index is 12.5. The number of aromatic nitrogens is 3. The first kappa shape index (κ1) is 15.0. The number of nitrogens with zero attached hydrogens (tertiary/aromatic N) is 3. The fourth-order valence-corrected chi connectivity index (χ4v) is 2.65. The van der Waals surface area contributed by atoms with Gasteiger partial charge < -0.3 is 14.5 Å². The van der Waals surface area contributed by atoms with E-state index < -0.39 is 0 Å². The molecule has 0 saturated heterocycles. The lowest BCUT2D eigenvalue weighted by molar-refractivity contribution is 0.102. The van der Waals surface area contributed by atoms with Crippen LogP contribution in [-0.4, -0.2) is 20.0 Å². The van der Waals surface area contributed by atoms with Crippen LogP contribution in [-0.2, 0) is 0 Å². The summed E-state index contributed by atoms with van der Waals surface area (Å²) in [6.45, 7) is 0. The van der Waals surface area contributed by atoms with Gasteiger partial charge in [0.1, 0.15) is 0 Å². The first-order valence-corrected chi connectivity index (χ1v) is 7.93. The molecule has 0 unspecified atom stereocenters. The van der Waals surface area contributed by atoms with Crippen molar-refractivity contribution in [3.8, 4) is 11.4 Å². The maximum Gasteiger partial charge on any atom is 0.255 e. The molecule has 25 heavy (non-hydrogen) atoms. The highest BCUT2D eigenvalue weighted by molar-refractivity contribution is 6.04. The van der Waals surface area contributed by atoms with Crippen molar-refractivity contribution in [2.45, 2.75) is 0 Å². The second kappa shape index (κ2) is 6.49. The Hall–Kier alpha value is -3.60. The van der Waals surface area contributed by atoms with Crippen LogP contribution in [0.3, 0.4) is 0 Å². The summed E-state index contributed by atoms with van der Waals surface area (Å²) in [5.41, 5.74) is 3.32. The number of anilines is 1. The summed E-state index contributed by atoms with van der Waals surface area (Å²) in [6.07, 6.45) is 9.24. The highest BCUT2D eigenvalue weighted by atomic mass is 16.1. The number of hydrogen-bond donors (Lipinski definition) is 1. The van der Waals surface area contributed by atoms with Crippen molar-refractivity contribution in [2.24, 2.45) is 0 Å². The summed E-state index contributed by atoms with van der Waals surface area (Å²) in [4.78, 5) is 16.5. The SMILES string of the molecule is O=C(Nc1cccc(-n2ccnc2)c1)c1ccc(-n2cccc2)cc1. The van der Waals surface area contributed by atoms with Crippen LogP contribution in [0.4, 0.5) is 5.69 Å². The number of amides is 1. The molecule has 0 radical (unpaired) electrons. The van der Waals surface area contributed by atoms with Crippen molar-refractivity contribution >= 4 is 11.6 Å². The lowest BCUT2D eigenvalue weighted by Gasteiger charge is -2.09. The van der Waals surface area contributed by atoms with Crippen LogP contribution in [0.5, 0.6) is 0 Å². The van der Waals surface area contributed by atoms with Crippen LogP contribution in [0, 0.1) is 0 Å². The molecule has 2 heterocycles. The Morgan fingerprint density at radius 1 is 0.840 bits per heavy atom. The zero-order chi connectivity index (χ0) is 17.1. The molecule has 2 aromatic carbocycles. The Morgan fingerprint density at radius 3 is 2.36 bits per heavy atom. The highest BCUT2D eigenvalue weighted by Crippen LogP contribution is 2.16. The zero-order valence-electron chi connectivity index (χ0n) is 13.4. The van der Waals surface area contributed by atoms with E-state index in [1.165, 1.54) is 0 Å². The smallest absolute Gasteiger partial charge is 0.255 e. The molecule has 1 amide bonds. The van der Waals surface area contributed by atoms with Crippen molar-refractivity contribution in [3.63, 3.8) is 0 Å². The molecular formula is C20H16N4O. The summed E-state index contributed by atoms with van der Waals surface area (Å²) in [7, 11) is 0. The molecule has 0 fully saturated rings. The second-order valence-corrected chi connectivity index (χ2v) is 5.61. The van der Waals surface area contributed by atoms with Crippen molar-refractivity contribution in [2.75, 3.05) is 5.32 Å². The van der Waals surface area contributed by atoms with Crippen LogP contribution in [0.15, 0.2) is 91.8 Å². The molecule has 0 bridgehead atoms. The van der Waals surface area contributed by atoms with Gasteiger partial charge in [-0.15, -0.1) is 0 Å². The third kappa shape index (κ3) is 3.21. The average Bonchev–Trinajstić information content (AvgIpc) is 3.36. The summed E-state index contributed by atoms with van der Waals surface area (Å²) < 4.78 is 3.89. The van der Waals surface area contributed by atoms with E-state index in [-0.39, 0.29) is 5.91 Å². The number of carbonyl (C=O) groups is 1. The molecule has 4 rings (SSSR count). The van der Waals surface area contributed by atoms with Gasteiger partial charge in [0.15, 0.2) is 0 Å². The van der Waals surface area contributed by atoms with Gasteiger partial charge in [-0.1, -0.05) is 6.07 Å². The molecule has 122 valence electrons. The number of nitrogens with one attached hydrogen (secondary N) is 1. The van der Waals surface area contributed by atoms with E-state index in [0.29, 0.717) is 5.56 Å². The van der Waals surface area contributed by atoms with Gasteiger partial charge in [-0.2, -0.15) is 0 Å². The van der Waals surface area contributed by atoms with E-state index in [0.717, 1.165) is 17.1 Å². The Morgan fingerprint density at radius 2 is 1.64 bits per heavy atom. The molecule has 1 N–H and O–H groups in total. The second-order valence-electron chi connectivity index (χ2n) is 5.61. The summed E-state index contributed by atoms with van der Waals surface area (Å²) in [6, 6.07) is 19.1. The molecular weight excluding hydrogens is 312 g/mol. The van der Waals surface area contributed by atoms with Gasteiger partial charge in [-0.3, -0.25) is 4.79 Å². The summed E-state index contributed by atoms with van der Waals surface area (Å²) in [5.74, 6) is -0.137. The number of benzene rings is 2. The number of carbonyl (C=O) groups excluding carboxylic acids is 1. The largest absolute Gasteiger partial charge is 0.324 e. The molecule has 5 nitrogen and oxygen atoms in total. The minimum absolute atomic E-state index is 0.137. The van der Waals surface area contributed by atoms with Crippen molar-refractivity contribution in [1.29, 1.82) is 0 Å². The highest BCUT2D eigenvalue weighted by Gasteiger charge is 2.07. The fraction of sp³-hybridized carbons (Fsp3) is 0. The lowest BCUT2D eigenvalue weighted by atomic mass is 10.2. The predicted octanol–water partition coefficient (Wildman–Crippen LogP) is 3.92. The van der Waals surface area contributed by atoms with E-state index in [9.17, 15) is 4.79 Å². The van der Waals surface area contributed by atoms with Crippen LogP contribution in [0.2, 0.25) is 0 Å². The van der Waals surface area contributed by atoms with Gasteiger partial charge >= 0.3 is 0 Å². The first-order chi connectivity index (χ1) is 12.3. The van der Waals surface area contributed by atoms with Gasteiger partial charge in [-0.25, -0.2) is 4.98 Å². The monoisotopic (exact) mass is 328 g/mol. The maximum absolute atomic E-state index is 12.5. The van der Waals surface area contributed by atoms with Gasteiger partial charge in [-0.05, 0) is 54.6 Å². The van der Waals surface area contributed by atoms with Gasteiger partial charge in [0.2, 0.25) is 0 Å². The summed E-state index contributed by atoms with van der Waals surface area (Å²) >= 11 is 0. The number of rotatable bonds is 4. The molecule has 0 spiro atoms. The number of imidazole rings is 1. The third-order valence-corrected chi connectivity index (χ3v) is 3.94. The van der Waals surface area contributed by atoms with Crippen molar-refractivity contribution in [3.05, 3.63) is 97.3 Å². The molecule has 0 aliphatic carbocycles. The molecule has 2 aromatic heterocycles. The van der Waals surface area contributed by atoms with Crippen molar-refractivity contribution < 1.29 is 4.79 Å². The third-order valence-electron chi connectivity index (χ3n) is 3.94. The van der Waals surface area contributed by atoms with Crippen LogP contribution in [0.25, 0.3) is 11.4 Å². The molecule has 0 atom stereocenters. The Balaban J connectivity index is 1.51. The van der Waals surface area contributed by atoms with E-state index in [1.54, 1.807) is 12.5 Å². The average molecular weight is 328 g/mol. The minimum Gasteiger partial charge on any atom is -0.324 e. The van der Waals surface area contributed by atoms with Gasteiger partial charge in [0.05, 0.1) is 6.33 Å². The fourth-order valence-electron chi connectivity index (χ4n) is 2.65. The Labute approximate surface area is 145 Å². The molecule has 0 aliphatic rings. The lowest BCUT2D eigenvalue weighted by Crippen LogP contribution is -2.12. The Bertz CT molecular complexity index is 971. The van der Waals surface area contributed by atoms with Gasteiger partial charge in [0.25, 0.3) is 5.91 Å². The molecule has 0 aliphatic heterocycles. The predicted molar refractivity (Wildman–Crippen MR) is 97.3 cm³/mol. The zero-order valence-corrected chi connectivity index (χ0v) is 13.4. The van der Waals surface area contributed by atoms with Crippen molar-refractivity contribution in [1.82, 2.24) is 14.1 Å². The summed E-state index contributed by atoms with van der Waals surface area (Å²) in [5, 5.41) is 2.94. The van der Waals surface area contributed by atoms with E-state index in [2.05, 4.69) is 10.3 Å². The van der Waals surface area contributed by atoms with E-state index in [4.69, 9.17) is 0 Å². The van der Waals surface area contributed by atoms with Crippen LogP contribution in [0.1, 0.15) is 10.4 Å². The van der Waals surface area contributed by atoms with Crippen LogP contribution >= 0.6 is 0 Å². The molecule has 4 aromatic rings. The van der Waals surface area contributed by atoms with E-state index >= 15 is 0 Å². The van der Waals surface area contributed by atoms with E-state index in [1.807, 2.05) is 88.4 Å². The normalized spacial score (nSPS) is 10.6.